The summed E-state index contributed by atoms with van der Waals surface area (Å²) in [4.78, 5) is 11.4. The Balaban J connectivity index is 3.18. The summed E-state index contributed by atoms with van der Waals surface area (Å²) in [6.07, 6.45) is 21.3. The van der Waals surface area contributed by atoms with Gasteiger partial charge in [0.25, 0.3) is 0 Å². The topological polar surface area (TPSA) is 64.3 Å². The van der Waals surface area contributed by atoms with Crippen molar-refractivity contribution in [3.63, 3.8) is 0 Å². The number of hydrogen-bond acceptors (Lipinski definition) is 4. The van der Waals surface area contributed by atoms with Gasteiger partial charge in [-0.15, -0.1) is 9.24 Å². The summed E-state index contributed by atoms with van der Waals surface area (Å²) >= 11 is 0. The standard InChI is InChI=1S/C21H45N2O2P/c1-2-3-4-5-6-7-8-9-10-11-12-13-14-15-16-17-20(22)25-21(24)18-23-19-26/h20,23H,2-19,22,26H2,1H3. The van der Waals surface area contributed by atoms with Gasteiger partial charge in [-0.2, -0.15) is 0 Å². The number of ether oxygens (including phenoxy) is 1. The van der Waals surface area contributed by atoms with Crippen molar-refractivity contribution in [1.29, 1.82) is 0 Å². The van der Waals surface area contributed by atoms with Crippen LogP contribution in [-0.2, 0) is 9.53 Å². The van der Waals surface area contributed by atoms with Gasteiger partial charge in [-0.25, -0.2) is 0 Å². The van der Waals surface area contributed by atoms with E-state index in [-0.39, 0.29) is 12.5 Å². The Morgan fingerprint density at radius 3 is 1.69 bits per heavy atom. The number of carbonyl (C=O) groups is 1. The molecule has 0 amide bonds. The number of unbranched alkanes of at least 4 members (excludes halogenated alkanes) is 14. The number of nitrogens with two attached hydrogens (primary N) is 1. The maximum absolute atomic E-state index is 11.4. The van der Waals surface area contributed by atoms with Crippen molar-refractivity contribution < 1.29 is 9.53 Å². The Morgan fingerprint density at radius 1 is 0.846 bits per heavy atom. The lowest BCUT2D eigenvalue weighted by Gasteiger charge is -2.13. The van der Waals surface area contributed by atoms with E-state index in [1.54, 1.807) is 0 Å². The molecule has 0 aliphatic carbocycles. The minimum Gasteiger partial charge on any atom is -0.446 e. The van der Waals surface area contributed by atoms with Gasteiger partial charge in [-0.1, -0.05) is 96.8 Å². The van der Waals surface area contributed by atoms with Crippen molar-refractivity contribution in [3.8, 4) is 0 Å². The van der Waals surface area contributed by atoms with E-state index in [2.05, 4.69) is 21.5 Å². The Morgan fingerprint density at radius 2 is 1.27 bits per heavy atom. The molecule has 156 valence electrons. The van der Waals surface area contributed by atoms with Gasteiger partial charge in [-0.3, -0.25) is 10.5 Å². The highest BCUT2D eigenvalue weighted by atomic mass is 31.0. The first kappa shape index (κ1) is 25.8. The highest BCUT2D eigenvalue weighted by Gasteiger charge is 2.08. The molecular formula is C21H45N2O2P. The van der Waals surface area contributed by atoms with E-state index in [9.17, 15) is 4.79 Å². The molecule has 0 rings (SSSR count). The van der Waals surface area contributed by atoms with E-state index in [0.717, 1.165) is 12.8 Å². The Labute approximate surface area is 165 Å². The number of hydrogen-bond donors (Lipinski definition) is 2. The zero-order valence-corrected chi connectivity index (χ0v) is 18.4. The van der Waals surface area contributed by atoms with Crippen LogP contribution in [0.2, 0.25) is 0 Å². The van der Waals surface area contributed by atoms with Crippen LogP contribution in [0.15, 0.2) is 0 Å². The summed E-state index contributed by atoms with van der Waals surface area (Å²) < 4.78 is 5.14. The fourth-order valence-corrected chi connectivity index (χ4v) is 3.30. The smallest absolute Gasteiger partial charge is 0.321 e. The van der Waals surface area contributed by atoms with E-state index >= 15 is 0 Å². The molecule has 0 fully saturated rings. The van der Waals surface area contributed by atoms with Gasteiger partial charge in [0, 0.05) is 6.29 Å². The lowest BCUT2D eigenvalue weighted by molar-refractivity contribution is -0.147. The normalized spacial score (nSPS) is 12.3. The maximum atomic E-state index is 11.4. The van der Waals surface area contributed by atoms with E-state index in [1.807, 2.05) is 0 Å². The fourth-order valence-electron chi connectivity index (χ4n) is 3.16. The third-order valence-corrected chi connectivity index (χ3v) is 5.08. The molecule has 0 saturated carbocycles. The van der Waals surface area contributed by atoms with Crippen LogP contribution < -0.4 is 11.1 Å². The number of rotatable bonds is 20. The number of carbonyl (C=O) groups excluding carboxylic acids is 1. The summed E-state index contributed by atoms with van der Waals surface area (Å²) in [5.74, 6) is -0.263. The molecule has 0 bridgehead atoms. The summed E-state index contributed by atoms with van der Waals surface area (Å²) in [6, 6.07) is 0. The van der Waals surface area contributed by atoms with Crippen LogP contribution in [0.25, 0.3) is 0 Å². The third kappa shape index (κ3) is 20.1. The van der Waals surface area contributed by atoms with Crippen LogP contribution in [-0.4, -0.2) is 25.0 Å². The molecule has 0 saturated heterocycles. The van der Waals surface area contributed by atoms with Gasteiger partial charge >= 0.3 is 5.97 Å². The molecule has 0 aliphatic heterocycles. The largest absolute Gasteiger partial charge is 0.446 e. The van der Waals surface area contributed by atoms with Gasteiger partial charge in [0.2, 0.25) is 0 Å². The lowest BCUT2D eigenvalue weighted by atomic mass is 10.0. The second-order valence-corrected chi connectivity index (χ2v) is 7.81. The first-order chi connectivity index (χ1) is 12.7. The Hall–Kier alpha value is -0.180. The second-order valence-electron chi connectivity index (χ2n) is 7.40. The zero-order valence-electron chi connectivity index (χ0n) is 17.3. The molecule has 0 radical (unpaired) electrons. The van der Waals surface area contributed by atoms with E-state index in [0.29, 0.717) is 6.29 Å². The van der Waals surface area contributed by atoms with Gasteiger partial charge in [0.05, 0.1) is 6.54 Å². The number of nitrogens with one attached hydrogen (secondary N) is 1. The van der Waals surface area contributed by atoms with Gasteiger partial charge in [-0.05, 0) is 12.8 Å². The molecule has 2 atom stereocenters. The van der Waals surface area contributed by atoms with Crippen molar-refractivity contribution in [2.45, 2.75) is 116 Å². The molecular weight excluding hydrogens is 343 g/mol. The summed E-state index contributed by atoms with van der Waals surface area (Å²) in [5, 5.41) is 2.91. The summed E-state index contributed by atoms with van der Waals surface area (Å²) in [6.45, 7) is 2.51. The average molecular weight is 389 g/mol. The minimum absolute atomic E-state index is 0.232. The fraction of sp³-hybridized carbons (Fsp3) is 0.952. The highest BCUT2D eigenvalue weighted by molar-refractivity contribution is 7.16. The molecule has 4 nitrogen and oxygen atoms in total. The SMILES string of the molecule is CCCCCCCCCCCCCCCCCC(N)OC(=O)CNCP. The van der Waals surface area contributed by atoms with Crippen LogP contribution in [0.5, 0.6) is 0 Å². The van der Waals surface area contributed by atoms with Gasteiger partial charge < -0.3 is 10.1 Å². The molecule has 0 aromatic heterocycles. The molecule has 0 aromatic carbocycles. The van der Waals surface area contributed by atoms with Crippen molar-refractivity contribution in [2.24, 2.45) is 5.73 Å². The van der Waals surface area contributed by atoms with Crippen molar-refractivity contribution in [2.75, 3.05) is 12.8 Å². The van der Waals surface area contributed by atoms with Crippen LogP contribution in [0.3, 0.4) is 0 Å². The molecule has 0 aromatic rings. The molecule has 3 N–H and O–H groups in total. The molecule has 0 spiro atoms. The highest BCUT2D eigenvalue weighted by Crippen LogP contribution is 2.14. The molecule has 2 unspecified atom stereocenters. The lowest BCUT2D eigenvalue weighted by Crippen LogP contribution is -2.32. The minimum atomic E-state index is -0.448. The monoisotopic (exact) mass is 388 g/mol. The predicted molar refractivity (Wildman–Crippen MR) is 116 cm³/mol. The Bertz CT molecular complexity index is 304. The zero-order chi connectivity index (χ0) is 19.3. The first-order valence-corrected chi connectivity index (χ1v) is 11.9. The van der Waals surface area contributed by atoms with E-state index in [4.69, 9.17) is 10.5 Å². The predicted octanol–water partition coefficient (Wildman–Crippen LogP) is 5.50. The van der Waals surface area contributed by atoms with Crippen molar-refractivity contribution >= 4 is 15.2 Å². The summed E-state index contributed by atoms with van der Waals surface area (Å²) in [7, 11) is 2.51. The Kier molecular flexibility index (Phi) is 21.0. The first-order valence-electron chi connectivity index (χ1n) is 11.1. The van der Waals surface area contributed by atoms with Crippen molar-refractivity contribution in [1.82, 2.24) is 5.32 Å². The number of esters is 1. The van der Waals surface area contributed by atoms with Crippen LogP contribution in [0, 0.1) is 0 Å². The summed E-state index contributed by atoms with van der Waals surface area (Å²) in [5.41, 5.74) is 5.82. The quantitative estimate of drug-likeness (QED) is 0.125. The van der Waals surface area contributed by atoms with E-state index in [1.165, 1.54) is 89.9 Å². The molecule has 0 aliphatic rings. The second kappa shape index (κ2) is 21.1. The third-order valence-electron chi connectivity index (χ3n) is 4.79. The van der Waals surface area contributed by atoms with Gasteiger partial charge in [0.1, 0.15) is 0 Å². The molecule has 5 heteroatoms. The molecule has 0 heterocycles. The van der Waals surface area contributed by atoms with E-state index < -0.39 is 6.23 Å². The maximum Gasteiger partial charge on any atom is 0.321 e. The van der Waals surface area contributed by atoms with Crippen LogP contribution in [0.1, 0.15) is 110 Å². The van der Waals surface area contributed by atoms with Crippen LogP contribution in [0.4, 0.5) is 0 Å². The molecule has 26 heavy (non-hydrogen) atoms. The van der Waals surface area contributed by atoms with Crippen molar-refractivity contribution in [3.05, 3.63) is 0 Å². The van der Waals surface area contributed by atoms with Gasteiger partial charge in [0.15, 0.2) is 6.23 Å². The van der Waals surface area contributed by atoms with Crippen LogP contribution >= 0.6 is 9.24 Å². The average Bonchev–Trinajstić information content (AvgIpc) is 2.63.